The number of rotatable bonds is 8. The van der Waals surface area contributed by atoms with Crippen molar-refractivity contribution in [1.29, 1.82) is 0 Å². The molecule has 1 fully saturated rings. The molecule has 0 bridgehead atoms. The van der Waals surface area contributed by atoms with Crippen LogP contribution in [-0.2, 0) is 13.2 Å². The fourth-order valence-corrected chi connectivity index (χ4v) is 3.71. The third-order valence-electron chi connectivity index (χ3n) is 4.75. The van der Waals surface area contributed by atoms with E-state index in [1.54, 1.807) is 12.1 Å². The fraction of sp³-hybridized carbons (Fsp3) is 0.429. The van der Waals surface area contributed by atoms with E-state index in [1.807, 2.05) is 13.0 Å². The zero-order valence-electron chi connectivity index (χ0n) is 15.4. The lowest BCUT2D eigenvalue weighted by Crippen LogP contribution is -2.25. The second-order valence-electron chi connectivity index (χ2n) is 6.71. The Hall–Kier alpha value is -1.49. The van der Waals surface area contributed by atoms with Gasteiger partial charge in [-0.15, -0.1) is 0 Å². The Labute approximate surface area is 169 Å². The standard InChI is InChI=1S/C21H24Cl2FNO2/c1-2-26-20-9-15(12-25-17-5-3-4-6-17)19(23)11-21(20)27-13-14-7-8-16(24)10-18(14)22/h7-11,17,25H,2-6,12-13H2,1H3. The van der Waals surface area contributed by atoms with Crippen molar-refractivity contribution < 1.29 is 13.9 Å². The van der Waals surface area contributed by atoms with Crippen molar-refractivity contribution in [2.45, 2.75) is 51.8 Å². The molecule has 0 aromatic heterocycles. The average molecular weight is 412 g/mol. The van der Waals surface area contributed by atoms with Crippen LogP contribution in [0.5, 0.6) is 11.5 Å². The normalized spacial score (nSPS) is 14.5. The lowest BCUT2D eigenvalue weighted by atomic mass is 10.1. The highest BCUT2D eigenvalue weighted by Crippen LogP contribution is 2.35. The fourth-order valence-electron chi connectivity index (χ4n) is 3.27. The monoisotopic (exact) mass is 411 g/mol. The van der Waals surface area contributed by atoms with Crippen LogP contribution in [0.3, 0.4) is 0 Å². The Morgan fingerprint density at radius 2 is 1.70 bits per heavy atom. The molecule has 6 heteroatoms. The van der Waals surface area contributed by atoms with E-state index in [1.165, 1.54) is 37.8 Å². The van der Waals surface area contributed by atoms with E-state index in [0.29, 0.717) is 46.3 Å². The lowest BCUT2D eigenvalue weighted by molar-refractivity contribution is 0.269. The van der Waals surface area contributed by atoms with Crippen LogP contribution in [0.4, 0.5) is 4.39 Å². The van der Waals surface area contributed by atoms with Gasteiger partial charge in [0.1, 0.15) is 12.4 Å². The maximum absolute atomic E-state index is 13.2. The topological polar surface area (TPSA) is 30.5 Å². The van der Waals surface area contributed by atoms with E-state index in [9.17, 15) is 4.39 Å². The zero-order valence-corrected chi connectivity index (χ0v) is 16.9. The van der Waals surface area contributed by atoms with Gasteiger partial charge < -0.3 is 14.8 Å². The third-order valence-corrected chi connectivity index (χ3v) is 5.45. The molecule has 0 heterocycles. The van der Waals surface area contributed by atoms with Gasteiger partial charge in [0.15, 0.2) is 11.5 Å². The van der Waals surface area contributed by atoms with Crippen LogP contribution in [-0.4, -0.2) is 12.6 Å². The van der Waals surface area contributed by atoms with Crippen molar-refractivity contribution in [2.75, 3.05) is 6.61 Å². The van der Waals surface area contributed by atoms with Gasteiger partial charge in [-0.1, -0.05) is 42.1 Å². The Morgan fingerprint density at radius 3 is 2.41 bits per heavy atom. The highest BCUT2D eigenvalue weighted by Gasteiger charge is 2.16. The Balaban J connectivity index is 1.72. The minimum absolute atomic E-state index is 0.204. The SMILES string of the molecule is CCOc1cc(CNC2CCCC2)c(Cl)cc1OCc1ccc(F)cc1Cl. The van der Waals surface area contributed by atoms with Crippen LogP contribution < -0.4 is 14.8 Å². The number of hydrogen-bond acceptors (Lipinski definition) is 3. The quantitative estimate of drug-likeness (QED) is 0.565. The molecule has 1 aliphatic rings. The summed E-state index contributed by atoms with van der Waals surface area (Å²) >= 11 is 12.5. The van der Waals surface area contributed by atoms with Gasteiger partial charge in [0, 0.05) is 29.2 Å². The highest BCUT2D eigenvalue weighted by molar-refractivity contribution is 6.31. The van der Waals surface area contributed by atoms with Crippen molar-refractivity contribution >= 4 is 23.2 Å². The molecule has 0 aliphatic heterocycles. The van der Waals surface area contributed by atoms with E-state index in [0.717, 1.165) is 5.56 Å². The molecule has 2 aromatic rings. The molecule has 27 heavy (non-hydrogen) atoms. The van der Waals surface area contributed by atoms with Crippen molar-refractivity contribution in [3.63, 3.8) is 0 Å². The predicted molar refractivity (Wildman–Crippen MR) is 107 cm³/mol. The summed E-state index contributed by atoms with van der Waals surface area (Å²) < 4.78 is 24.8. The van der Waals surface area contributed by atoms with Gasteiger partial charge in [-0.2, -0.15) is 0 Å². The molecule has 3 rings (SSSR count). The summed E-state index contributed by atoms with van der Waals surface area (Å²) in [4.78, 5) is 0. The van der Waals surface area contributed by atoms with Gasteiger partial charge in [0.25, 0.3) is 0 Å². The molecule has 3 nitrogen and oxygen atoms in total. The van der Waals surface area contributed by atoms with Crippen LogP contribution in [0.15, 0.2) is 30.3 Å². The number of hydrogen-bond donors (Lipinski definition) is 1. The summed E-state index contributed by atoms with van der Waals surface area (Å²) in [6.07, 6.45) is 5.01. The molecule has 0 spiro atoms. The average Bonchev–Trinajstić information content (AvgIpc) is 3.15. The second kappa shape index (κ2) is 9.63. The van der Waals surface area contributed by atoms with Crippen molar-refractivity contribution in [3.05, 3.63) is 57.3 Å². The minimum Gasteiger partial charge on any atom is -0.490 e. The zero-order chi connectivity index (χ0) is 19.2. The van der Waals surface area contributed by atoms with Crippen molar-refractivity contribution in [2.24, 2.45) is 0 Å². The first-order chi connectivity index (χ1) is 13.1. The van der Waals surface area contributed by atoms with Crippen LogP contribution in [0.1, 0.15) is 43.7 Å². The molecule has 0 radical (unpaired) electrons. The van der Waals surface area contributed by atoms with Crippen LogP contribution >= 0.6 is 23.2 Å². The summed E-state index contributed by atoms with van der Waals surface area (Å²) in [5, 5.41) is 4.52. The van der Waals surface area contributed by atoms with Crippen molar-refractivity contribution in [1.82, 2.24) is 5.32 Å². The van der Waals surface area contributed by atoms with Gasteiger partial charge in [-0.3, -0.25) is 0 Å². The Kier molecular flexibility index (Phi) is 7.22. The number of halogens is 3. The van der Waals surface area contributed by atoms with Gasteiger partial charge in [-0.25, -0.2) is 4.39 Å². The molecule has 0 saturated heterocycles. The summed E-state index contributed by atoms with van der Waals surface area (Å²) in [5.41, 5.74) is 1.68. The number of ether oxygens (including phenoxy) is 2. The van der Waals surface area contributed by atoms with Crippen LogP contribution in [0.25, 0.3) is 0 Å². The van der Waals surface area contributed by atoms with E-state index in [2.05, 4.69) is 5.32 Å². The van der Waals surface area contributed by atoms with E-state index in [-0.39, 0.29) is 12.4 Å². The second-order valence-corrected chi connectivity index (χ2v) is 7.52. The number of benzene rings is 2. The molecule has 0 unspecified atom stereocenters. The molecule has 1 saturated carbocycles. The van der Waals surface area contributed by atoms with Gasteiger partial charge in [0.05, 0.1) is 11.6 Å². The van der Waals surface area contributed by atoms with Gasteiger partial charge in [-0.05, 0) is 43.5 Å². The summed E-state index contributed by atoms with van der Waals surface area (Å²) in [7, 11) is 0. The molecule has 2 aromatic carbocycles. The largest absolute Gasteiger partial charge is 0.490 e. The molecule has 0 atom stereocenters. The minimum atomic E-state index is -0.374. The van der Waals surface area contributed by atoms with Crippen LogP contribution in [0.2, 0.25) is 10.0 Å². The van der Waals surface area contributed by atoms with Crippen LogP contribution in [0, 0.1) is 5.82 Å². The molecule has 1 aliphatic carbocycles. The molecular weight excluding hydrogens is 388 g/mol. The summed E-state index contributed by atoms with van der Waals surface area (Å²) in [5.74, 6) is 0.816. The molecular formula is C21H24Cl2FNO2. The van der Waals surface area contributed by atoms with Crippen molar-refractivity contribution in [3.8, 4) is 11.5 Å². The van der Waals surface area contributed by atoms with Gasteiger partial charge in [0.2, 0.25) is 0 Å². The third kappa shape index (κ3) is 5.50. The highest BCUT2D eigenvalue weighted by atomic mass is 35.5. The molecule has 146 valence electrons. The Morgan fingerprint density at radius 1 is 1.00 bits per heavy atom. The summed E-state index contributed by atoms with van der Waals surface area (Å²) in [6, 6.07) is 8.51. The summed E-state index contributed by atoms with van der Waals surface area (Å²) in [6.45, 7) is 3.35. The maximum atomic E-state index is 13.2. The smallest absolute Gasteiger partial charge is 0.163 e. The first-order valence-electron chi connectivity index (χ1n) is 9.32. The number of nitrogens with one attached hydrogen (secondary N) is 1. The molecule has 1 N–H and O–H groups in total. The van der Waals surface area contributed by atoms with Gasteiger partial charge >= 0.3 is 0 Å². The lowest BCUT2D eigenvalue weighted by Gasteiger charge is -2.17. The van der Waals surface area contributed by atoms with E-state index < -0.39 is 0 Å². The Bertz CT molecular complexity index is 779. The molecule has 0 amide bonds. The first-order valence-corrected chi connectivity index (χ1v) is 10.1. The predicted octanol–water partition coefficient (Wildman–Crippen LogP) is 6.14. The maximum Gasteiger partial charge on any atom is 0.163 e. The first kappa shape index (κ1) is 20.2. The van der Waals surface area contributed by atoms with E-state index >= 15 is 0 Å². The van der Waals surface area contributed by atoms with E-state index in [4.69, 9.17) is 32.7 Å².